The number of carbonyl (C=O) groups is 3. The predicted molar refractivity (Wildman–Crippen MR) is 115 cm³/mol. The van der Waals surface area contributed by atoms with Crippen molar-refractivity contribution in [3.63, 3.8) is 0 Å². The molecule has 1 heterocycles. The Hall–Kier alpha value is -4.27. The zero-order valence-corrected chi connectivity index (χ0v) is 16.9. The van der Waals surface area contributed by atoms with Crippen LogP contribution < -0.4 is 16.2 Å². The van der Waals surface area contributed by atoms with E-state index in [4.69, 9.17) is 0 Å². The summed E-state index contributed by atoms with van der Waals surface area (Å²) >= 11 is 0. The van der Waals surface area contributed by atoms with Gasteiger partial charge in [0, 0.05) is 0 Å². The highest BCUT2D eigenvalue weighted by molar-refractivity contribution is 5.98. The van der Waals surface area contributed by atoms with Gasteiger partial charge in [0.15, 0.2) is 5.82 Å². The van der Waals surface area contributed by atoms with Gasteiger partial charge in [0.1, 0.15) is 12.2 Å². The lowest BCUT2D eigenvalue weighted by atomic mass is 9.89. The Kier molecular flexibility index (Phi) is 8.21. The first kappa shape index (κ1) is 23.0. The van der Waals surface area contributed by atoms with E-state index in [-0.39, 0.29) is 18.1 Å². The molecule has 9 nitrogen and oxygen atoms in total. The summed E-state index contributed by atoms with van der Waals surface area (Å²) in [5.74, 6) is -2.99. The van der Waals surface area contributed by atoms with Gasteiger partial charge in [0.05, 0.1) is 19.2 Å². The number of rotatable bonds is 9. The molecule has 1 aromatic carbocycles. The Morgan fingerprint density at radius 3 is 2.52 bits per heavy atom. The van der Waals surface area contributed by atoms with Crippen LogP contribution in [0.15, 0.2) is 78.3 Å². The van der Waals surface area contributed by atoms with Crippen LogP contribution in [-0.4, -0.2) is 41.4 Å². The summed E-state index contributed by atoms with van der Waals surface area (Å²) in [5, 5.41) is 4.79. The number of aromatic nitrogens is 2. The van der Waals surface area contributed by atoms with Crippen molar-refractivity contribution in [3.05, 3.63) is 95.2 Å². The number of benzene rings is 1. The van der Waals surface area contributed by atoms with E-state index in [1.807, 2.05) is 6.07 Å². The van der Waals surface area contributed by atoms with Crippen LogP contribution in [0, 0.1) is 0 Å². The Morgan fingerprint density at radius 2 is 1.94 bits per heavy atom. The number of H-pyrrole nitrogens is 1. The van der Waals surface area contributed by atoms with Crippen LogP contribution in [0.4, 0.5) is 5.69 Å². The van der Waals surface area contributed by atoms with E-state index in [0.717, 1.165) is 6.20 Å². The first-order chi connectivity index (χ1) is 14.9. The van der Waals surface area contributed by atoms with Crippen molar-refractivity contribution in [2.75, 3.05) is 19.0 Å². The van der Waals surface area contributed by atoms with Crippen LogP contribution in [-0.2, 0) is 14.3 Å². The number of methoxy groups -OCH3 is 1. The molecular weight excluding hydrogens is 400 g/mol. The number of aromatic amines is 1. The van der Waals surface area contributed by atoms with Crippen LogP contribution in [0.2, 0.25) is 0 Å². The molecule has 0 aliphatic rings. The largest absolute Gasteiger partial charge is 0.468 e. The average molecular weight is 422 g/mol. The molecule has 0 saturated heterocycles. The van der Waals surface area contributed by atoms with E-state index in [1.165, 1.54) is 19.3 Å². The molecule has 3 N–H and O–H groups in total. The van der Waals surface area contributed by atoms with Crippen molar-refractivity contribution in [1.82, 2.24) is 15.3 Å². The second-order valence-electron chi connectivity index (χ2n) is 6.17. The Bertz CT molecular complexity index is 1070. The van der Waals surface area contributed by atoms with Gasteiger partial charge in [-0.2, -0.15) is 0 Å². The zero-order valence-electron chi connectivity index (χ0n) is 16.9. The van der Waals surface area contributed by atoms with Gasteiger partial charge in [-0.1, -0.05) is 61.7 Å². The molecule has 0 fully saturated rings. The smallest absolute Gasteiger partial charge is 0.325 e. The number of amides is 2. The molecule has 0 spiro atoms. The van der Waals surface area contributed by atoms with Crippen molar-refractivity contribution < 1.29 is 19.1 Å². The van der Waals surface area contributed by atoms with E-state index in [2.05, 4.69) is 38.5 Å². The molecule has 0 radical (unpaired) electrons. The number of hydrogen-bond acceptors (Lipinski definition) is 6. The molecule has 1 atom stereocenters. The molecular formula is C22H22N4O5. The molecule has 0 saturated carbocycles. The van der Waals surface area contributed by atoms with Gasteiger partial charge in [-0.25, -0.2) is 4.98 Å². The van der Waals surface area contributed by atoms with Crippen LogP contribution in [0.1, 0.15) is 22.1 Å². The SMILES string of the molecule is C=C/C=C(\C=C)C(C(=O)Nc1cnc(C(=O)NCC(=O)OC)[nH]c1=O)c1ccccc1. The van der Waals surface area contributed by atoms with E-state index in [1.54, 1.807) is 30.3 Å². The third-order valence-electron chi connectivity index (χ3n) is 4.17. The van der Waals surface area contributed by atoms with Gasteiger partial charge in [-0.05, 0) is 11.1 Å². The van der Waals surface area contributed by atoms with Gasteiger partial charge in [0.25, 0.3) is 11.5 Å². The molecule has 2 amide bonds. The first-order valence-electron chi connectivity index (χ1n) is 9.16. The van der Waals surface area contributed by atoms with Crippen molar-refractivity contribution in [2.24, 2.45) is 0 Å². The Balaban J connectivity index is 2.26. The van der Waals surface area contributed by atoms with Crippen LogP contribution in [0.5, 0.6) is 0 Å². The van der Waals surface area contributed by atoms with Gasteiger partial charge in [-0.3, -0.25) is 19.2 Å². The van der Waals surface area contributed by atoms with Gasteiger partial charge < -0.3 is 20.4 Å². The summed E-state index contributed by atoms with van der Waals surface area (Å²) < 4.78 is 4.42. The van der Waals surface area contributed by atoms with E-state index >= 15 is 0 Å². The molecule has 1 aromatic heterocycles. The highest BCUT2D eigenvalue weighted by Gasteiger charge is 2.24. The van der Waals surface area contributed by atoms with Gasteiger partial charge >= 0.3 is 5.97 Å². The lowest BCUT2D eigenvalue weighted by Crippen LogP contribution is -2.33. The van der Waals surface area contributed by atoms with E-state index in [0.29, 0.717) is 11.1 Å². The van der Waals surface area contributed by atoms with Gasteiger partial charge in [0.2, 0.25) is 5.91 Å². The fourth-order valence-corrected chi connectivity index (χ4v) is 2.67. The van der Waals surface area contributed by atoms with Crippen molar-refractivity contribution in [3.8, 4) is 0 Å². The minimum atomic E-state index is -0.773. The molecule has 1 unspecified atom stereocenters. The number of nitrogens with one attached hydrogen (secondary N) is 3. The minimum absolute atomic E-state index is 0.141. The number of allylic oxidation sites excluding steroid dienone is 3. The summed E-state index contributed by atoms with van der Waals surface area (Å²) in [4.78, 5) is 54.6. The minimum Gasteiger partial charge on any atom is -0.468 e. The number of nitrogens with zero attached hydrogens (tertiary/aromatic N) is 1. The summed E-state index contributed by atoms with van der Waals surface area (Å²) in [6.45, 7) is 7.02. The molecule has 0 bridgehead atoms. The summed E-state index contributed by atoms with van der Waals surface area (Å²) in [7, 11) is 1.18. The Morgan fingerprint density at radius 1 is 1.23 bits per heavy atom. The fraction of sp³-hybridized carbons (Fsp3) is 0.136. The summed E-state index contributed by atoms with van der Waals surface area (Å²) in [6.07, 6.45) is 5.80. The lowest BCUT2D eigenvalue weighted by molar-refractivity contribution is -0.139. The Labute approximate surface area is 178 Å². The van der Waals surface area contributed by atoms with Crippen LogP contribution in [0.25, 0.3) is 0 Å². The zero-order chi connectivity index (χ0) is 22.8. The molecule has 160 valence electrons. The van der Waals surface area contributed by atoms with Crippen LogP contribution >= 0.6 is 0 Å². The number of ether oxygens (including phenoxy) is 1. The lowest BCUT2D eigenvalue weighted by Gasteiger charge is -2.18. The summed E-state index contributed by atoms with van der Waals surface area (Å²) in [5.41, 5.74) is 0.404. The third-order valence-corrected chi connectivity index (χ3v) is 4.17. The maximum atomic E-state index is 13.0. The number of anilines is 1. The molecule has 2 aromatic rings. The van der Waals surface area contributed by atoms with Crippen LogP contribution in [0.3, 0.4) is 0 Å². The van der Waals surface area contributed by atoms with Crippen molar-refractivity contribution in [2.45, 2.75) is 5.92 Å². The quantitative estimate of drug-likeness (QED) is 0.416. The van der Waals surface area contributed by atoms with Gasteiger partial charge in [-0.15, -0.1) is 0 Å². The number of esters is 1. The highest BCUT2D eigenvalue weighted by atomic mass is 16.5. The maximum Gasteiger partial charge on any atom is 0.325 e. The average Bonchev–Trinajstić information content (AvgIpc) is 2.78. The molecule has 0 aliphatic carbocycles. The fourth-order valence-electron chi connectivity index (χ4n) is 2.67. The van der Waals surface area contributed by atoms with Crippen molar-refractivity contribution in [1.29, 1.82) is 0 Å². The molecule has 2 rings (SSSR count). The monoisotopic (exact) mass is 422 g/mol. The number of hydrogen-bond donors (Lipinski definition) is 3. The second-order valence-corrected chi connectivity index (χ2v) is 6.17. The van der Waals surface area contributed by atoms with E-state index < -0.39 is 29.3 Å². The highest BCUT2D eigenvalue weighted by Crippen LogP contribution is 2.26. The first-order valence-corrected chi connectivity index (χ1v) is 9.16. The topological polar surface area (TPSA) is 130 Å². The number of carbonyl (C=O) groups excluding carboxylic acids is 3. The third kappa shape index (κ3) is 6.10. The molecule has 9 heteroatoms. The standard InChI is InChI=1S/C22H22N4O5/c1-4-9-14(5-2)18(15-10-7-6-8-11-15)21(29)25-16-12-23-19(26-20(16)28)22(30)24-13-17(27)31-3/h4-12,18H,1-2,13H2,3H3,(H,24,30)(H,25,29)(H,23,26,28)/b14-9+. The van der Waals surface area contributed by atoms with Crippen molar-refractivity contribution >= 4 is 23.5 Å². The molecule has 0 aliphatic heterocycles. The van der Waals surface area contributed by atoms with E-state index in [9.17, 15) is 19.2 Å². The second kappa shape index (κ2) is 11.1. The predicted octanol–water partition coefficient (Wildman–Crippen LogP) is 1.69. The maximum absolute atomic E-state index is 13.0. The summed E-state index contributed by atoms with van der Waals surface area (Å²) in [6, 6.07) is 8.96. The normalized spacial score (nSPS) is 11.7. The molecule has 31 heavy (non-hydrogen) atoms.